The molecule has 0 spiro atoms. The fourth-order valence-electron chi connectivity index (χ4n) is 3.59. The van der Waals surface area contributed by atoms with Crippen molar-refractivity contribution >= 4 is 23.5 Å². The molecular weight excluding hydrogens is 356 g/mol. The Morgan fingerprint density at radius 1 is 1.07 bits per heavy atom. The number of rotatable bonds is 8. The van der Waals surface area contributed by atoms with Gasteiger partial charge in [-0.3, -0.25) is 14.4 Å². The number of amides is 2. The Kier molecular flexibility index (Phi) is 8.48. The molecule has 2 amide bonds. The number of nitrogens with one attached hydrogen (secondary N) is 1. The van der Waals surface area contributed by atoms with Gasteiger partial charge in [-0.2, -0.15) is 0 Å². The van der Waals surface area contributed by atoms with Crippen molar-refractivity contribution in [1.82, 2.24) is 4.90 Å². The van der Waals surface area contributed by atoms with Crippen LogP contribution >= 0.6 is 0 Å². The third-order valence-electron chi connectivity index (χ3n) is 5.31. The number of esters is 1. The highest BCUT2D eigenvalue weighted by molar-refractivity contribution is 5.96. The first-order chi connectivity index (χ1) is 13.4. The Morgan fingerprint density at radius 2 is 1.71 bits per heavy atom. The average molecular weight is 389 g/mol. The molecule has 0 aliphatic heterocycles. The fourth-order valence-corrected chi connectivity index (χ4v) is 3.59. The standard InChI is InChI=1S/C22H32N2O4/c1-4-5-6-16-7-9-18(10-8-16)22(27)28-15-20(25)23-19-13-11-17(12-14-19)21(26)24(2)3/h11-14,16,18H,4-10,15H2,1-3H3,(H,23,25). The topological polar surface area (TPSA) is 75.7 Å². The van der Waals surface area contributed by atoms with E-state index in [-0.39, 0.29) is 30.3 Å². The molecule has 0 heterocycles. The highest BCUT2D eigenvalue weighted by atomic mass is 16.5. The van der Waals surface area contributed by atoms with Gasteiger partial charge in [0.15, 0.2) is 6.61 Å². The first-order valence-electron chi connectivity index (χ1n) is 10.2. The molecule has 1 aliphatic carbocycles. The van der Waals surface area contributed by atoms with Crippen LogP contribution in [0.1, 0.15) is 62.2 Å². The van der Waals surface area contributed by atoms with E-state index in [0.717, 1.165) is 31.6 Å². The predicted octanol–water partition coefficient (Wildman–Crippen LogP) is 3.87. The van der Waals surface area contributed by atoms with Crippen LogP contribution in [0.15, 0.2) is 24.3 Å². The van der Waals surface area contributed by atoms with Crippen molar-refractivity contribution in [2.45, 2.75) is 51.9 Å². The molecular formula is C22H32N2O4. The van der Waals surface area contributed by atoms with Gasteiger partial charge in [-0.05, 0) is 55.9 Å². The van der Waals surface area contributed by atoms with E-state index < -0.39 is 0 Å². The summed E-state index contributed by atoms with van der Waals surface area (Å²) in [4.78, 5) is 37.6. The molecule has 0 radical (unpaired) electrons. The maximum Gasteiger partial charge on any atom is 0.309 e. The van der Waals surface area contributed by atoms with Crippen LogP contribution in [0.5, 0.6) is 0 Å². The molecule has 0 saturated heterocycles. The minimum absolute atomic E-state index is 0.0815. The number of unbranched alkanes of at least 4 members (excludes halogenated alkanes) is 1. The highest BCUT2D eigenvalue weighted by Gasteiger charge is 2.27. The number of hydrogen-bond donors (Lipinski definition) is 1. The molecule has 1 aliphatic rings. The molecule has 154 valence electrons. The van der Waals surface area contributed by atoms with Gasteiger partial charge in [0, 0.05) is 25.3 Å². The third kappa shape index (κ3) is 6.66. The van der Waals surface area contributed by atoms with E-state index in [1.807, 2.05) is 0 Å². The molecule has 2 rings (SSSR count). The van der Waals surface area contributed by atoms with Crippen LogP contribution in [0.4, 0.5) is 5.69 Å². The normalized spacial score (nSPS) is 19.0. The molecule has 6 nitrogen and oxygen atoms in total. The van der Waals surface area contributed by atoms with Crippen molar-refractivity contribution in [3.05, 3.63) is 29.8 Å². The Bertz CT molecular complexity index is 662. The van der Waals surface area contributed by atoms with Crippen molar-refractivity contribution in [3.63, 3.8) is 0 Å². The number of carbonyl (C=O) groups is 3. The Labute approximate surface area is 167 Å². The van der Waals surface area contributed by atoms with Crippen molar-refractivity contribution in [2.24, 2.45) is 11.8 Å². The molecule has 1 aromatic carbocycles. The van der Waals surface area contributed by atoms with Crippen molar-refractivity contribution in [1.29, 1.82) is 0 Å². The van der Waals surface area contributed by atoms with Gasteiger partial charge in [-0.25, -0.2) is 0 Å². The number of benzene rings is 1. The van der Waals surface area contributed by atoms with Gasteiger partial charge in [0.05, 0.1) is 5.92 Å². The van der Waals surface area contributed by atoms with Gasteiger partial charge in [0.25, 0.3) is 11.8 Å². The molecule has 1 saturated carbocycles. The molecule has 6 heteroatoms. The first-order valence-corrected chi connectivity index (χ1v) is 10.2. The van der Waals surface area contributed by atoms with E-state index in [2.05, 4.69) is 12.2 Å². The summed E-state index contributed by atoms with van der Waals surface area (Å²) in [7, 11) is 3.37. The zero-order valence-corrected chi connectivity index (χ0v) is 17.2. The third-order valence-corrected chi connectivity index (χ3v) is 5.31. The lowest BCUT2D eigenvalue weighted by atomic mass is 9.80. The van der Waals surface area contributed by atoms with Crippen LogP contribution < -0.4 is 5.32 Å². The molecule has 0 unspecified atom stereocenters. The highest BCUT2D eigenvalue weighted by Crippen LogP contribution is 2.32. The van der Waals surface area contributed by atoms with Crippen molar-refractivity contribution in [2.75, 3.05) is 26.0 Å². The fraction of sp³-hybridized carbons (Fsp3) is 0.591. The Balaban J connectivity index is 1.72. The van der Waals surface area contributed by atoms with E-state index in [0.29, 0.717) is 11.3 Å². The molecule has 0 bridgehead atoms. The van der Waals surface area contributed by atoms with Crippen molar-refractivity contribution < 1.29 is 19.1 Å². The summed E-state index contributed by atoms with van der Waals surface area (Å²) < 4.78 is 5.21. The van der Waals surface area contributed by atoms with Gasteiger partial charge in [0.1, 0.15) is 0 Å². The van der Waals surface area contributed by atoms with Crippen LogP contribution in [0.3, 0.4) is 0 Å². The molecule has 0 atom stereocenters. The SMILES string of the molecule is CCCCC1CCC(C(=O)OCC(=O)Nc2ccc(C(=O)N(C)C)cc2)CC1. The van der Waals surface area contributed by atoms with E-state index in [9.17, 15) is 14.4 Å². The molecule has 1 fully saturated rings. The summed E-state index contributed by atoms with van der Waals surface area (Å²) in [5, 5.41) is 2.68. The number of carbonyl (C=O) groups excluding carboxylic acids is 3. The van der Waals surface area contributed by atoms with Gasteiger partial charge >= 0.3 is 5.97 Å². The number of nitrogens with zero attached hydrogens (tertiary/aromatic N) is 1. The first kappa shape index (κ1) is 21.9. The van der Waals surface area contributed by atoms with Crippen molar-refractivity contribution in [3.8, 4) is 0 Å². The van der Waals surface area contributed by atoms with Crippen LogP contribution in [0.25, 0.3) is 0 Å². The lowest BCUT2D eigenvalue weighted by Crippen LogP contribution is -2.27. The summed E-state index contributed by atoms with van der Waals surface area (Å²) in [6.07, 6.45) is 7.58. The number of anilines is 1. The molecule has 28 heavy (non-hydrogen) atoms. The minimum atomic E-state index is -0.378. The second-order valence-corrected chi connectivity index (χ2v) is 7.79. The maximum atomic E-state index is 12.2. The lowest BCUT2D eigenvalue weighted by molar-refractivity contribution is -0.152. The van der Waals surface area contributed by atoms with Gasteiger partial charge < -0.3 is 15.0 Å². The monoisotopic (exact) mass is 388 g/mol. The van der Waals surface area contributed by atoms with E-state index in [4.69, 9.17) is 4.74 Å². The maximum absolute atomic E-state index is 12.2. The van der Waals surface area contributed by atoms with E-state index in [1.54, 1.807) is 38.4 Å². The smallest absolute Gasteiger partial charge is 0.309 e. The molecule has 1 aromatic rings. The summed E-state index contributed by atoms with van der Waals surface area (Å²) in [5.74, 6) is -0.0967. The van der Waals surface area contributed by atoms with E-state index in [1.165, 1.54) is 24.2 Å². The Morgan fingerprint density at radius 3 is 2.29 bits per heavy atom. The summed E-state index contributed by atoms with van der Waals surface area (Å²) in [6, 6.07) is 6.63. The summed E-state index contributed by atoms with van der Waals surface area (Å²) in [5.41, 5.74) is 1.11. The second-order valence-electron chi connectivity index (χ2n) is 7.79. The van der Waals surface area contributed by atoms with Crippen LogP contribution in [0, 0.1) is 11.8 Å². The predicted molar refractivity (Wildman–Crippen MR) is 109 cm³/mol. The molecule has 1 N–H and O–H groups in total. The zero-order chi connectivity index (χ0) is 20.5. The zero-order valence-electron chi connectivity index (χ0n) is 17.2. The van der Waals surface area contributed by atoms with E-state index >= 15 is 0 Å². The van der Waals surface area contributed by atoms with Gasteiger partial charge in [-0.1, -0.05) is 26.2 Å². The van der Waals surface area contributed by atoms with Crippen LogP contribution in [-0.2, 0) is 14.3 Å². The van der Waals surface area contributed by atoms with Crippen LogP contribution in [0.2, 0.25) is 0 Å². The average Bonchev–Trinajstić information content (AvgIpc) is 2.70. The Hall–Kier alpha value is -2.37. The minimum Gasteiger partial charge on any atom is -0.455 e. The lowest BCUT2D eigenvalue weighted by Gasteiger charge is -2.27. The summed E-state index contributed by atoms with van der Waals surface area (Å²) >= 11 is 0. The molecule has 0 aromatic heterocycles. The van der Waals surface area contributed by atoms with Gasteiger partial charge in [-0.15, -0.1) is 0 Å². The summed E-state index contributed by atoms with van der Waals surface area (Å²) in [6.45, 7) is 1.92. The second kappa shape index (κ2) is 10.8. The quantitative estimate of drug-likeness (QED) is 0.686. The number of ether oxygens (including phenoxy) is 1. The van der Waals surface area contributed by atoms with Crippen LogP contribution in [-0.4, -0.2) is 43.4 Å². The largest absolute Gasteiger partial charge is 0.455 e. The van der Waals surface area contributed by atoms with Gasteiger partial charge in [0.2, 0.25) is 0 Å². The number of hydrogen-bond acceptors (Lipinski definition) is 4.